The number of rotatable bonds is 6. The fourth-order valence-electron chi connectivity index (χ4n) is 3.16. The Bertz CT molecular complexity index is 454. The number of ether oxygens (including phenoxy) is 2. The van der Waals surface area contributed by atoms with Crippen LogP contribution in [0.15, 0.2) is 0 Å². The van der Waals surface area contributed by atoms with Crippen LogP contribution in [0.3, 0.4) is 0 Å². The van der Waals surface area contributed by atoms with E-state index < -0.39 is 24.2 Å². The second-order valence-corrected chi connectivity index (χ2v) is 7.81. The normalized spacial score (nSPS) is 23.0. The van der Waals surface area contributed by atoms with E-state index in [2.05, 4.69) is 25.5 Å². The smallest absolute Gasteiger partial charge is 0.425 e. The summed E-state index contributed by atoms with van der Waals surface area (Å²) in [4.78, 5) is 23.4. The van der Waals surface area contributed by atoms with Gasteiger partial charge in [0.2, 0.25) is 0 Å². The lowest BCUT2D eigenvalue weighted by molar-refractivity contribution is -0.216. The summed E-state index contributed by atoms with van der Waals surface area (Å²) in [7, 11) is 0. The summed E-state index contributed by atoms with van der Waals surface area (Å²) in [6.45, 7) is 7.16. The molecule has 3 atom stereocenters. The van der Waals surface area contributed by atoms with Crippen molar-refractivity contribution in [3.8, 4) is 0 Å². The Morgan fingerprint density at radius 3 is 2.16 bits per heavy atom. The predicted molar refractivity (Wildman–Crippen MR) is 86.8 cm³/mol. The highest BCUT2D eigenvalue weighted by Gasteiger charge is 2.39. The van der Waals surface area contributed by atoms with Gasteiger partial charge >= 0.3 is 18.1 Å². The lowest BCUT2D eigenvalue weighted by Crippen LogP contribution is -2.38. The van der Waals surface area contributed by atoms with Gasteiger partial charge in [0.1, 0.15) is 6.10 Å². The first kappa shape index (κ1) is 21.8. The zero-order chi connectivity index (χ0) is 19.3. The van der Waals surface area contributed by atoms with Crippen LogP contribution in [0.4, 0.5) is 13.2 Å². The molecule has 0 amide bonds. The van der Waals surface area contributed by atoms with E-state index in [9.17, 15) is 22.8 Å². The van der Waals surface area contributed by atoms with Gasteiger partial charge in [-0.2, -0.15) is 13.2 Å². The summed E-state index contributed by atoms with van der Waals surface area (Å²) in [6, 6.07) is 0. The Balaban J connectivity index is 2.36. The summed E-state index contributed by atoms with van der Waals surface area (Å²) in [5.41, 5.74) is 0.0445. The fraction of sp³-hybridized carbons (Fsp3) is 0.889. The molecule has 0 saturated heterocycles. The van der Waals surface area contributed by atoms with Crippen molar-refractivity contribution in [3.05, 3.63) is 0 Å². The Kier molecular flexibility index (Phi) is 7.75. The Morgan fingerprint density at radius 1 is 1.04 bits per heavy atom. The van der Waals surface area contributed by atoms with Gasteiger partial charge in [0.25, 0.3) is 0 Å². The van der Waals surface area contributed by atoms with Gasteiger partial charge in [-0.05, 0) is 38.0 Å². The fourth-order valence-corrected chi connectivity index (χ4v) is 3.16. The lowest BCUT2D eigenvalue weighted by atomic mass is 9.70. The topological polar surface area (TPSA) is 52.6 Å². The molecular weight excluding hydrogens is 337 g/mol. The summed E-state index contributed by atoms with van der Waals surface area (Å²) in [6.07, 6.45) is -2.95. The van der Waals surface area contributed by atoms with Crippen molar-refractivity contribution < 1.29 is 32.2 Å². The van der Waals surface area contributed by atoms with Crippen molar-refractivity contribution >= 4 is 11.9 Å². The predicted octanol–water partition coefficient (Wildman–Crippen LogP) is 4.80. The minimum Gasteiger partial charge on any atom is -0.462 e. The van der Waals surface area contributed by atoms with Crippen molar-refractivity contribution in [2.75, 3.05) is 0 Å². The average Bonchev–Trinajstić information content (AvgIpc) is 2.45. The summed E-state index contributed by atoms with van der Waals surface area (Å²) < 4.78 is 46.8. The quantitative estimate of drug-likeness (QED) is 0.634. The third-order valence-electron chi connectivity index (χ3n) is 4.63. The minimum absolute atomic E-state index is 0.00284. The van der Waals surface area contributed by atoms with Crippen LogP contribution in [-0.2, 0) is 19.1 Å². The van der Waals surface area contributed by atoms with Crippen molar-refractivity contribution in [1.82, 2.24) is 0 Å². The van der Waals surface area contributed by atoms with Crippen LogP contribution in [0.5, 0.6) is 0 Å². The summed E-state index contributed by atoms with van der Waals surface area (Å²) >= 11 is 0. The molecule has 0 aromatic heterocycles. The first-order chi connectivity index (χ1) is 11.4. The number of carbonyl (C=O) groups is 2. The van der Waals surface area contributed by atoms with Crippen LogP contribution in [-0.4, -0.2) is 30.3 Å². The standard InChI is InChI=1S/C18H29F3O4/c1-12(18(19,20)21)24-15(22)10-7-11-16(23)25-14-9-6-5-8-13(14)17(2,3)4/h12-14H,5-11H2,1-4H3. The molecule has 0 heterocycles. The molecule has 1 saturated carbocycles. The van der Waals surface area contributed by atoms with Gasteiger partial charge in [0, 0.05) is 18.8 Å². The molecule has 3 unspecified atom stereocenters. The highest BCUT2D eigenvalue weighted by molar-refractivity contribution is 5.72. The first-order valence-electron chi connectivity index (χ1n) is 8.87. The molecule has 0 bridgehead atoms. The molecule has 1 aliphatic carbocycles. The maximum absolute atomic E-state index is 12.3. The highest BCUT2D eigenvalue weighted by atomic mass is 19.4. The van der Waals surface area contributed by atoms with Crippen LogP contribution in [0.2, 0.25) is 0 Å². The van der Waals surface area contributed by atoms with Crippen LogP contribution in [0.25, 0.3) is 0 Å². The van der Waals surface area contributed by atoms with Gasteiger partial charge in [-0.15, -0.1) is 0 Å². The minimum atomic E-state index is -4.57. The molecule has 1 aliphatic rings. The first-order valence-corrected chi connectivity index (χ1v) is 8.87. The number of carbonyl (C=O) groups excluding carboxylic acids is 2. The Morgan fingerprint density at radius 2 is 1.60 bits per heavy atom. The molecule has 25 heavy (non-hydrogen) atoms. The van der Waals surface area contributed by atoms with Gasteiger partial charge in [-0.25, -0.2) is 0 Å². The van der Waals surface area contributed by atoms with Gasteiger partial charge in [0.05, 0.1) is 0 Å². The van der Waals surface area contributed by atoms with E-state index in [1.54, 1.807) is 0 Å². The second kappa shape index (κ2) is 8.90. The third kappa shape index (κ3) is 7.65. The number of hydrogen-bond donors (Lipinski definition) is 0. The van der Waals surface area contributed by atoms with Gasteiger partial charge in [0.15, 0.2) is 6.10 Å². The molecule has 7 heteroatoms. The maximum atomic E-state index is 12.3. The maximum Gasteiger partial charge on any atom is 0.425 e. The van der Waals surface area contributed by atoms with Crippen molar-refractivity contribution in [2.24, 2.45) is 11.3 Å². The third-order valence-corrected chi connectivity index (χ3v) is 4.63. The summed E-state index contributed by atoms with van der Waals surface area (Å²) in [5, 5.41) is 0. The largest absolute Gasteiger partial charge is 0.462 e. The zero-order valence-corrected chi connectivity index (χ0v) is 15.4. The van der Waals surface area contributed by atoms with Crippen molar-refractivity contribution in [2.45, 2.75) is 91.0 Å². The Hall–Kier alpha value is -1.27. The number of halogens is 3. The molecule has 1 rings (SSSR count). The Labute approximate surface area is 147 Å². The van der Waals surface area contributed by atoms with Gasteiger partial charge in [-0.3, -0.25) is 9.59 Å². The van der Waals surface area contributed by atoms with E-state index in [0.29, 0.717) is 5.92 Å². The number of hydrogen-bond acceptors (Lipinski definition) is 4. The molecule has 0 aromatic rings. The molecule has 4 nitrogen and oxygen atoms in total. The van der Waals surface area contributed by atoms with Gasteiger partial charge in [-0.1, -0.05) is 27.2 Å². The van der Waals surface area contributed by atoms with E-state index in [4.69, 9.17) is 4.74 Å². The molecule has 1 fully saturated rings. The van der Waals surface area contributed by atoms with Crippen LogP contribution in [0.1, 0.15) is 72.6 Å². The van der Waals surface area contributed by atoms with E-state index >= 15 is 0 Å². The van der Waals surface area contributed by atoms with Crippen molar-refractivity contribution in [3.63, 3.8) is 0 Å². The lowest BCUT2D eigenvalue weighted by Gasteiger charge is -2.39. The van der Waals surface area contributed by atoms with Crippen LogP contribution in [0, 0.1) is 11.3 Å². The zero-order valence-electron chi connectivity index (χ0n) is 15.4. The molecule has 0 aliphatic heterocycles. The second-order valence-electron chi connectivity index (χ2n) is 7.81. The van der Waals surface area contributed by atoms with E-state index in [1.807, 2.05) is 0 Å². The molecule has 146 valence electrons. The number of esters is 2. The van der Waals surface area contributed by atoms with Gasteiger partial charge < -0.3 is 9.47 Å². The van der Waals surface area contributed by atoms with E-state index in [0.717, 1.165) is 32.6 Å². The molecule has 0 spiro atoms. The van der Waals surface area contributed by atoms with Crippen LogP contribution < -0.4 is 0 Å². The summed E-state index contributed by atoms with van der Waals surface area (Å²) in [5.74, 6) is -1.07. The average molecular weight is 366 g/mol. The molecule has 0 aromatic carbocycles. The number of alkyl halides is 3. The van der Waals surface area contributed by atoms with E-state index in [-0.39, 0.29) is 30.8 Å². The molecule has 0 N–H and O–H groups in total. The monoisotopic (exact) mass is 366 g/mol. The van der Waals surface area contributed by atoms with E-state index in [1.165, 1.54) is 0 Å². The van der Waals surface area contributed by atoms with Crippen LogP contribution >= 0.6 is 0 Å². The SMILES string of the molecule is CC(OC(=O)CCCC(=O)OC1CCCCC1C(C)(C)C)C(F)(F)F. The van der Waals surface area contributed by atoms with Crippen molar-refractivity contribution in [1.29, 1.82) is 0 Å². The molecular formula is C18H29F3O4. The molecule has 0 radical (unpaired) electrons. The highest BCUT2D eigenvalue weighted by Crippen LogP contribution is 2.39.